The van der Waals surface area contributed by atoms with E-state index in [0.717, 1.165) is 0 Å². The second kappa shape index (κ2) is 10.0. The van der Waals surface area contributed by atoms with Gasteiger partial charge in [0.25, 0.3) is 11.7 Å². The molecule has 1 unspecified atom stereocenters. The number of benzene rings is 3. The molecule has 35 heavy (non-hydrogen) atoms. The first kappa shape index (κ1) is 24.0. The number of nitrogens with zero attached hydrogens (tertiary/aromatic N) is 1. The third-order valence-electron chi connectivity index (χ3n) is 5.80. The standard InChI is InChI=1S/C27H22ClNO6/c1-34-21-12-10-17(11-13-21)23-22(24(30)19-4-3-5-20(28)14-19)25(31)26(32)29(23)15-16-6-8-18(9-7-16)27(33)35-2/h3-14,23,30H,15H2,1-2H3/b24-22+. The molecule has 1 aliphatic rings. The number of hydrogen-bond donors (Lipinski definition) is 1. The van der Waals surface area contributed by atoms with Gasteiger partial charge in [-0.3, -0.25) is 9.59 Å². The molecule has 1 atom stereocenters. The molecule has 0 radical (unpaired) electrons. The van der Waals surface area contributed by atoms with Gasteiger partial charge in [0, 0.05) is 17.1 Å². The number of ketones is 1. The van der Waals surface area contributed by atoms with Gasteiger partial charge in [0.2, 0.25) is 0 Å². The number of carbonyl (C=O) groups is 3. The number of aliphatic hydroxyl groups is 1. The molecule has 8 heteroatoms. The van der Waals surface area contributed by atoms with Crippen LogP contribution in [0.2, 0.25) is 5.02 Å². The van der Waals surface area contributed by atoms with Crippen LogP contribution in [0.1, 0.15) is 33.1 Å². The number of methoxy groups -OCH3 is 2. The SMILES string of the molecule is COC(=O)c1ccc(CN2C(=O)C(=O)/C(=C(/O)c3cccc(Cl)c3)C2c2ccc(OC)cc2)cc1. The number of rotatable bonds is 6. The van der Waals surface area contributed by atoms with Crippen LogP contribution in [0.3, 0.4) is 0 Å². The highest BCUT2D eigenvalue weighted by Crippen LogP contribution is 2.41. The number of amides is 1. The van der Waals surface area contributed by atoms with Crippen molar-refractivity contribution in [1.29, 1.82) is 0 Å². The summed E-state index contributed by atoms with van der Waals surface area (Å²) in [6.45, 7) is 0.0784. The molecule has 7 nitrogen and oxygen atoms in total. The van der Waals surface area contributed by atoms with E-state index >= 15 is 0 Å². The molecule has 178 valence electrons. The summed E-state index contributed by atoms with van der Waals surface area (Å²) in [7, 11) is 2.84. The first-order chi connectivity index (χ1) is 16.8. The molecule has 0 saturated carbocycles. The maximum absolute atomic E-state index is 13.2. The van der Waals surface area contributed by atoms with E-state index < -0.39 is 23.7 Å². The van der Waals surface area contributed by atoms with Crippen molar-refractivity contribution in [3.8, 4) is 5.75 Å². The fraction of sp³-hybridized carbons (Fsp3) is 0.148. The fourth-order valence-corrected chi connectivity index (χ4v) is 4.22. The van der Waals surface area contributed by atoms with Crippen molar-refractivity contribution < 1.29 is 29.0 Å². The molecule has 1 saturated heterocycles. The number of hydrogen-bond acceptors (Lipinski definition) is 6. The molecular formula is C27H22ClNO6. The Morgan fingerprint density at radius 3 is 2.26 bits per heavy atom. The molecule has 4 rings (SSSR count). The van der Waals surface area contributed by atoms with Crippen LogP contribution in [-0.4, -0.2) is 41.9 Å². The van der Waals surface area contributed by atoms with E-state index in [1.54, 1.807) is 66.7 Å². The van der Waals surface area contributed by atoms with Crippen LogP contribution in [-0.2, 0) is 20.9 Å². The summed E-state index contributed by atoms with van der Waals surface area (Å²) in [5, 5.41) is 11.5. The number of aliphatic hydroxyl groups excluding tert-OH is 1. The maximum Gasteiger partial charge on any atom is 0.337 e. The van der Waals surface area contributed by atoms with E-state index in [-0.39, 0.29) is 17.9 Å². The van der Waals surface area contributed by atoms with Gasteiger partial charge in [-0.25, -0.2) is 4.79 Å². The lowest BCUT2D eigenvalue weighted by molar-refractivity contribution is -0.140. The van der Waals surface area contributed by atoms with E-state index in [4.69, 9.17) is 21.1 Å². The quantitative estimate of drug-likeness (QED) is 0.231. The molecule has 1 N–H and O–H groups in total. The highest BCUT2D eigenvalue weighted by atomic mass is 35.5. The van der Waals surface area contributed by atoms with Crippen molar-refractivity contribution in [2.24, 2.45) is 0 Å². The maximum atomic E-state index is 13.2. The minimum atomic E-state index is -0.847. The van der Waals surface area contributed by atoms with Crippen molar-refractivity contribution in [2.45, 2.75) is 12.6 Å². The Labute approximate surface area is 207 Å². The third kappa shape index (κ3) is 4.76. The Morgan fingerprint density at radius 1 is 0.971 bits per heavy atom. The van der Waals surface area contributed by atoms with Gasteiger partial charge in [0.1, 0.15) is 11.5 Å². The lowest BCUT2D eigenvalue weighted by Gasteiger charge is -2.25. The van der Waals surface area contributed by atoms with Crippen LogP contribution in [0.5, 0.6) is 5.75 Å². The van der Waals surface area contributed by atoms with Gasteiger partial charge in [-0.05, 0) is 47.5 Å². The molecule has 1 heterocycles. The van der Waals surface area contributed by atoms with Gasteiger partial charge < -0.3 is 19.5 Å². The van der Waals surface area contributed by atoms with Crippen molar-refractivity contribution in [3.63, 3.8) is 0 Å². The normalized spacial score (nSPS) is 16.9. The first-order valence-corrected chi connectivity index (χ1v) is 11.1. The highest BCUT2D eigenvalue weighted by Gasteiger charge is 2.46. The van der Waals surface area contributed by atoms with Gasteiger partial charge >= 0.3 is 5.97 Å². The molecule has 0 bridgehead atoms. The summed E-state index contributed by atoms with van der Waals surface area (Å²) in [4.78, 5) is 39.5. The minimum Gasteiger partial charge on any atom is -0.507 e. The zero-order chi connectivity index (χ0) is 25.1. The second-order valence-corrected chi connectivity index (χ2v) is 8.34. The Morgan fingerprint density at radius 2 is 1.66 bits per heavy atom. The van der Waals surface area contributed by atoms with Gasteiger partial charge in [0.15, 0.2) is 0 Å². The van der Waals surface area contributed by atoms with Gasteiger partial charge in [-0.15, -0.1) is 0 Å². The third-order valence-corrected chi connectivity index (χ3v) is 6.03. The van der Waals surface area contributed by atoms with Crippen LogP contribution in [0.25, 0.3) is 5.76 Å². The molecule has 1 aliphatic heterocycles. The zero-order valence-corrected chi connectivity index (χ0v) is 19.8. The van der Waals surface area contributed by atoms with E-state index in [1.807, 2.05) is 0 Å². The number of carbonyl (C=O) groups excluding carboxylic acids is 3. The average Bonchev–Trinajstić information content (AvgIpc) is 3.13. The number of Topliss-reactive ketones (excluding diaryl/α,β-unsaturated/α-hetero) is 1. The summed E-state index contributed by atoms with van der Waals surface area (Å²) in [5.41, 5.74) is 1.98. The van der Waals surface area contributed by atoms with Crippen LogP contribution in [0.15, 0.2) is 78.4 Å². The molecule has 0 aromatic heterocycles. The molecular weight excluding hydrogens is 470 g/mol. The van der Waals surface area contributed by atoms with Crippen LogP contribution < -0.4 is 4.74 Å². The molecule has 0 aliphatic carbocycles. The van der Waals surface area contributed by atoms with Crippen molar-refractivity contribution in [3.05, 3.63) is 106 Å². The zero-order valence-electron chi connectivity index (χ0n) is 19.0. The minimum absolute atomic E-state index is 0.0337. The average molecular weight is 492 g/mol. The van der Waals surface area contributed by atoms with Crippen LogP contribution in [0, 0.1) is 0 Å². The fourth-order valence-electron chi connectivity index (χ4n) is 4.03. The van der Waals surface area contributed by atoms with E-state index in [1.165, 1.54) is 25.2 Å². The topological polar surface area (TPSA) is 93.1 Å². The van der Waals surface area contributed by atoms with Crippen molar-refractivity contribution in [1.82, 2.24) is 4.90 Å². The first-order valence-electron chi connectivity index (χ1n) is 10.7. The Hall–Kier alpha value is -4.10. The predicted molar refractivity (Wildman–Crippen MR) is 130 cm³/mol. The second-order valence-electron chi connectivity index (χ2n) is 7.90. The van der Waals surface area contributed by atoms with E-state index in [2.05, 4.69) is 0 Å². The number of halogens is 1. The lowest BCUT2D eigenvalue weighted by atomic mass is 9.95. The van der Waals surface area contributed by atoms with E-state index in [9.17, 15) is 19.5 Å². The molecule has 1 fully saturated rings. The summed E-state index contributed by atoms with van der Waals surface area (Å²) in [5.74, 6) is -1.72. The van der Waals surface area contributed by atoms with Gasteiger partial charge in [0.05, 0.1) is 31.4 Å². The number of ether oxygens (including phenoxy) is 2. The monoisotopic (exact) mass is 491 g/mol. The van der Waals surface area contributed by atoms with Gasteiger partial charge in [-0.1, -0.05) is 48.0 Å². The predicted octanol–water partition coefficient (Wildman–Crippen LogP) is 4.76. The summed E-state index contributed by atoms with van der Waals surface area (Å²) < 4.78 is 9.96. The summed E-state index contributed by atoms with van der Waals surface area (Å²) in [6.07, 6.45) is 0. The van der Waals surface area contributed by atoms with Gasteiger partial charge in [-0.2, -0.15) is 0 Å². The molecule has 0 spiro atoms. The Balaban J connectivity index is 1.80. The Kier molecular flexibility index (Phi) is 6.89. The summed E-state index contributed by atoms with van der Waals surface area (Å²) in [6, 6.07) is 19.1. The van der Waals surface area contributed by atoms with Crippen LogP contribution >= 0.6 is 11.6 Å². The molecule has 3 aromatic carbocycles. The molecule has 3 aromatic rings. The van der Waals surface area contributed by atoms with Crippen molar-refractivity contribution >= 4 is 35.0 Å². The van der Waals surface area contributed by atoms with Crippen LogP contribution in [0.4, 0.5) is 0 Å². The number of esters is 1. The smallest absolute Gasteiger partial charge is 0.337 e. The largest absolute Gasteiger partial charge is 0.507 e. The summed E-state index contributed by atoms with van der Waals surface area (Å²) >= 11 is 6.09. The number of likely N-dealkylation sites (tertiary alicyclic amines) is 1. The van der Waals surface area contributed by atoms with Crippen molar-refractivity contribution in [2.75, 3.05) is 14.2 Å². The lowest BCUT2D eigenvalue weighted by Crippen LogP contribution is -2.29. The molecule has 1 amide bonds. The van der Waals surface area contributed by atoms with E-state index in [0.29, 0.717) is 33.0 Å². The highest BCUT2D eigenvalue weighted by molar-refractivity contribution is 6.46. The Bertz CT molecular complexity index is 1310.